The Morgan fingerprint density at radius 3 is 2.85 bits per heavy atom. The molecular formula is C15H14BrNO2S. The number of anilines is 1. The molecule has 1 aliphatic rings. The first-order chi connectivity index (χ1) is 9.63. The van der Waals surface area contributed by atoms with Crippen molar-refractivity contribution in [2.75, 3.05) is 5.32 Å². The van der Waals surface area contributed by atoms with E-state index in [1.165, 1.54) is 0 Å². The summed E-state index contributed by atoms with van der Waals surface area (Å²) in [7, 11) is 0. The third-order valence-corrected chi connectivity index (χ3v) is 5.00. The van der Waals surface area contributed by atoms with E-state index >= 15 is 0 Å². The molecule has 1 atom stereocenters. The van der Waals surface area contributed by atoms with E-state index in [-0.39, 0.29) is 5.91 Å². The normalized spacial score (nSPS) is 16.2. The second kappa shape index (κ2) is 5.68. The van der Waals surface area contributed by atoms with Crippen molar-refractivity contribution in [3.63, 3.8) is 0 Å². The zero-order valence-electron chi connectivity index (χ0n) is 10.7. The number of benzene rings is 1. The molecule has 2 N–H and O–H groups in total. The summed E-state index contributed by atoms with van der Waals surface area (Å²) in [5, 5.41) is 15.3. The van der Waals surface area contributed by atoms with Gasteiger partial charge < -0.3 is 10.4 Å². The predicted octanol–water partition coefficient (Wildman–Crippen LogP) is 3.87. The number of carbonyl (C=O) groups is 1. The molecular weight excluding hydrogens is 338 g/mol. The highest BCUT2D eigenvalue weighted by Crippen LogP contribution is 2.32. The lowest BCUT2D eigenvalue weighted by atomic mass is 9.99. The molecule has 20 heavy (non-hydrogen) atoms. The van der Waals surface area contributed by atoms with E-state index < -0.39 is 6.10 Å². The van der Waals surface area contributed by atoms with Crippen molar-refractivity contribution in [1.29, 1.82) is 0 Å². The molecule has 2 heterocycles. The van der Waals surface area contributed by atoms with Gasteiger partial charge in [-0.05, 0) is 63.0 Å². The van der Waals surface area contributed by atoms with Gasteiger partial charge in [0.2, 0.25) is 5.91 Å². The van der Waals surface area contributed by atoms with Gasteiger partial charge in [0.05, 0.1) is 3.79 Å². The van der Waals surface area contributed by atoms with Crippen molar-refractivity contribution in [2.24, 2.45) is 0 Å². The van der Waals surface area contributed by atoms with Crippen LogP contribution in [-0.2, 0) is 11.2 Å². The second-order valence-corrected chi connectivity index (χ2v) is 7.20. The van der Waals surface area contributed by atoms with Crippen molar-refractivity contribution in [3.8, 4) is 0 Å². The van der Waals surface area contributed by atoms with E-state index in [2.05, 4.69) is 21.2 Å². The summed E-state index contributed by atoms with van der Waals surface area (Å²) in [6, 6.07) is 7.69. The average molecular weight is 352 g/mol. The van der Waals surface area contributed by atoms with E-state index in [1.54, 1.807) is 11.3 Å². The summed E-state index contributed by atoms with van der Waals surface area (Å²) >= 11 is 4.97. The molecule has 1 aliphatic heterocycles. The van der Waals surface area contributed by atoms with Gasteiger partial charge in [0.25, 0.3) is 0 Å². The van der Waals surface area contributed by atoms with Crippen LogP contribution >= 0.6 is 27.3 Å². The molecule has 0 bridgehead atoms. The quantitative estimate of drug-likeness (QED) is 0.862. The fourth-order valence-electron chi connectivity index (χ4n) is 2.42. The summed E-state index contributed by atoms with van der Waals surface area (Å²) in [5.74, 6) is 0.0683. The SMILES string of the molecule is O=C1CCCc2cc(C(O)c3csc(Br)c3)ccc2N1. The Bertz CT molecular complexity index is 653. The lowest BCUT2D eigenvalue weighted by molar-refractivity contribution is -0.116. The summed E-state index contributed by atoms with van der Waals surface area (Å²) < 4.78 is 1.01. The van der Waals surface area contributed by atoms with Crippen molar-refractivity contribution >= 4 is 38.9 Å². The van der Waals surface area contributed by atoms with Crippen LogP contribution in [0.5, 0.6) is 0 Å². The molecule has 3 nitrogen and oxygen atoms in total. The first-order valence-electron chi connectivity index (χ1n) is 6.48. The zero-order valence-corrected chi connectivity index (χ0v) is 13.1. The van der Waals surface area contributed by atoms with E-state index in [9.17, 15) is 9.90 Å². The molecule has 0 fully saturated rings. The third kappa shape index (κ3) is 2.80. The van der Waals surface area contributed by atoms with Crippen LogP contribution in [0.25, 0.3) is 0 Å². The molecule has 0 saturated heterocycles. The van der Waals surface area contributed by atoms with Crippen LogP contribution in [0.1, 0.15) is 35.6 Å². The fourth-order valence-corrected chi connectivity index (χ4v) is 3.62. The minimum absolute atomic E-state index is 0.0683. The monoisotopic (exact) mass is 351 g/mol. The van der Waals surface area contributed by atoms with Gasteiger partial charge in [-0.3, -0.25) is 4.79 Å². The molecule has 1 aromatic carbocycles. The Morgan fingerprint density at radius 1 is 1.25 bits per heavy atom. The number of hydrogen-bond acceptors (Lipinski definition) is 3. The van der Waals surface area contributed by atoms with Crippen molar-refractivity contribution < 1.29 is 9.90 Å². The van der Waals surface area contributed by atoms with Gasteiger partial charge in [0, 0.05) is 12.1 Å². The van der Waals surface area contributed by atoms with Crippen molar-refractivity contribution in [3.05, 3.63) is 50.1 Å². The summed E-state index contributed by atoms with van der Waals surface area (Å²) in [4.78, 5) is 11.5. The van der Waals surface area contributed by atoms with Crippen molar-refractivity contribution in [2.45, 2.75) is 25.4 Å². The lowest BCUT2D eigenvalue weighted by Crippen LogP contribution is -2.09. The first kappa shape index (κ1) is 13.8. The molecule has 0 aliphatic carbocycles. The molecule has 3 rings (SSSR count). The Hall–Kier alpha value is -1.17. The molecule has 1 amide bonds. The van der Waals surface area contributed by atoms with Gasteiger partial charge in [0.1, 0.15) is 6.10 Å². The predicted molar refractivity (Wildman–Crippen MR) is 84.1 cm³/mol. The molecule has 0 radical (unpaired) electrons. The van der Waals surface area contributed by atoms with Gasteiger partial charge in [-0.1, -0.05) is 12.1 Å². The average Bonchev–Trinajstić information content (AvgIpc) is 2.77. The summed E-state index contributed by atoms with van der Waals surface area (Å²) in [6.45, 7) is 0. The maximum absolute atomic E-state index is 11.5. The zero-order chi connectivity index (χ0) is 14.1. The largest absolute Gasteiger partial charge is 0.384 e. The lowest BCUT2D eigenvalue weighted by Gasteiger charge is -2.13. The van der Waals surface area contributed by atoms with Gasteiger partial charge >= 0.3 is 0 Å². The molecule has 104 valence electrons. The van der Waals surface area contributed by atoms with Gasteiger partial charge in [0.15, 0.2) is 0 Å². The van der Waals surface area contributed by atoms with Crippen LogP contribution in [0, 0.1) is 0 Å². The highest BCUT2D eigenvalue weighted by atomic mass is 79.9. The Labute approximate surface area is 129 Å². The van der Waals surface area contributed by atoms with Gasteiger partial charge in [-0.25, -0.2) is 0 Å². The van der Waals surface area contributed by atoms with Crippen molar-refractivity contribution in [1.82, 2.24) is 0 Å². The maximum atomic E-state index is 11.5. The number of thiophene rings is 1. The number of aliphatic hydroxyl groups is 1. The molecule has 1 unspecified atom stereocenters. The Balaban J connectivity index is 1.92. The van der Waals surface area contributed by atoms with Crippen LogP contribution in [0.4, 0.5) is 5.69 Å². The standard InChI is InChI=1S/C15H14BrNO2S/c16-13-7-11(8-20-13)15(19)10-4-5-12-9(6-10)2-1-3-14(18)17-12/h4-8,15,19H,1-3H2,(H,17,18). The van der Waals surface area contributed by atoms with E-state index in [4.69, 9.17) is 0 Å². The molecule has 2 aromatic rings. The van der Waals surface area contributed by atoms with Crippen LogP contribution in [0.15, 0.2) is 33.4 Å². The number of halogens is 1. The van der Waals surface area contributed by atoms with E-state index in [0.29, 0.717) is 6.42 Å². The number of amides is 1. The number of fused-ring (bicyclic) bond motifs is 1. The fraction of sp³-hybridized carbons (Fsp3) is 0.267. The smallest absolute Gasteiger partial charge is 0.224 e. The summed E-state index contributed by atoms with van der Waals surface area (Å²) in [6.07, 6.45) is 1.65. The van der Waals surface area contributed by atoms with Crippen LogP contribution in [-0.4, -0.2) is 11.0 Å². The maximum Gasteiger partial charge on any atom is 0.224 e. The Kier molecular flexibility index (Phi) is 3.92. The minimum Gasteiger partial charge on any atom is -0.384 e. The number of carbonyl (C=O) groups excluding carboxylic acids is 1. The number of hydrogen-bond donors (Lipinski definition) is 2. The van der Waals surface area contributed by atoms with E-state index in [1.807, 2.05) is 29.6 Å². The Morgan fingerprint density at radius 2 is 2.10 bits per heavy atom. The van der Waals surface area contributed by atoms with Crippen LogP contribution in [0.2, 0.25) is 0 Å². The van der Waals surface area contributed by atoms with Gasteiger partial charge in [-0.2, -0.15) is 0 Å². The van der Waals surface area contributed by atoms with Crippen LogP contribution < -0.4 is 5.32 Å². The molecule has 1 aromatic heterocycles. The second-order valence-electron chi connectivity index (χ2n) is 4.91. The third-order valence-electron chi connectivity index (χ3n) is 3.47. The van der Waals surface area contributed by atoms with Gasteiger partial charge in [-0.15, -0.1) is 11.3 Å². The van der Waals surface area contributed by atoms with Crippen LogP contribution in [0.3, 0.4) is 0 Å². The number of aliphatic hydroxyl groups excluding tert-OH is 1. The number of aryl methyl sites for hydroxylation is 1. The molecule has 5 heteroatoms. The van der Waals surface area contributed by atoms with E-state index in [0.717, 1.165) is 39.0 Å². The first-order valence-corrected chi connectivity index (χ1v) is 8.15. The molecule has 0 spiro atoms. The number of rotatable bonds is 2. The number of nitrogens with one attached hydrogen (secondary N) is 1. The summed E-state index contributed by atoms with van der Waals surface area (Å²) in [5.41, 5.74) is 3.72. The topological polar surface area (TPSA) is 49.3 Å². The highest BCUT2D eigenvalue weighted by molar-refractivity contribution is 9.11. The molecule has 0 saturated carbocycles. The minimum atomic E-state index is -0.623. The highest BCUT2D eigenvalue weighted by Gasteiger charge is 2.17.